The number of hydrazine groups is 1. The van der Waals surface area contributed by atoms with Gasteiger partial charge < -0.3 is 5.43 Å². The van der Waals surface area contributed by atoms with Crippen molar-refractivity contribution < 1.29 is 0 Å². The van der Waals surface area contributed by atoms with Gasteiger partial charge in [0.25, 0.3) is 0 Å². The standard InChI is InChI=1S/C51H50N4/c1-49(2,3)35-21-15-31(16-22-35)45-29-47(54-52-45)33-19-25-39-37-11-7-9-13-41(37)51(43(39)27-33)42-14-10-8-12-38(42)40-26-20-34(28-44(40)51)48-30-46(53-55-48)32-17-23-36(24-18-32)50(4,5)6/h7-28,45,47-48,52,54-55H,29-30H2,1-6H3. The maximum atomic E-state index is 4.90. The lowest BCUT2D eigenvalue weighted by Crippen LogP contribution is -2.28. The minimum atomic E-state index is -0.414. The molecule has 4 aliphatic rings. The minimum absolute atomic E-state index is 0.106. The van der Waals surface area contributed by atoms with Crippen molar-refractivity contribution in [1.29, 1.82) is 0 Å². The van der Waals surface area contributed by atoms with Crippen molar-refractivity contribution in [3.8, 4) is 22.3 Å². The van der Waals surface area contributed by atoms with E-state index in [0.717, 1.165) is 18.6 Å². The average molecular weight is 719 g/mol. The number of hydrogen-bond donors (Lipinski definition) is 3. The Balaban J connectivity index is 1.03. The van der Waals surface area contributed by atoms with E-state index < -0.39 is 5.41 Å². The molecule has 6 aromatic rings. The quantitative estimate of drug-likeness (QED) is 0.170. The van der Waals surface area contributed by atoms with E-state index in [1.807, 2.05) is 0 Å². The lowest BCUT2D eigenvalue weighted by molar-refractivity contribution is 0.553. The van der Waals surface area contributed by atoms with Gasteiger partial charge in [-0.25, -0.2) is 10.9 Å². The molecule has 2 aliphatic carbocycles. The highest BCUT2D eigenvalue weighted by Gasteiger charge is 2.52. The summed E-state index contributed by atoms with van der Waals surface area (Å²) >= 11 is 0. The van der Waals surface area contributed by atoms with Gasteiger partial charge in [-0.1, -0.05) is 175 Å². The van der Waals surface area contributed by atoms with E-state index in [1.165, 1.54) is 77.9 Å². The third-order valence-corrected chi connectivity index (χ3v) is 12.9. The Morgan fingerprint density at radius 3 is 1.49 bits per heavy atom. The Bertz CT molecular complexity index is 2390. The van der Waals surface area contributed by atoms with Gasteiger partial charge >= 0.3 is 0 Å². The fraction of sp³-hybridized carbons (Fsp3) is 0.275. The third kappa shape index (κ3) is 5.37. The Hall–Kier alpha value is -5.29. The minimum Gasteiger partial charge on any atom is -0.302 e. The first kappa shape index (κ1) is 34.2. The van der Waals surface area contributed by atoms with Gasteiger partial charge in [0.2, 0.25) is 0 Å². The third-order valence-electron chi connectivity index (χ3n) is 12.9. The number of benzene rings is 6. The van der Waals surface area contributed by atoms with E-state index in [4.69, 9.17) is 5.10 Å². The molecule has 0 aromatic heterocycles. The van der Waals surface area contributed by atoms with Crippen LogP contribution in [0.3, 0.4) is 0 Å². The van der Waals surface area contributed by atoms with Crippen LogP contribution in [-0.4, -0.2) is 5.71 Å². The molecule has 4 atom stereocenters. The summed E-state index contributed by atoms with van der Waals surface area (Å²) in [5, 5.41) is 4.90. The van der Waals surface area contributed by atoms with Crippen LogP contribution < -0.4 is 16.3 Å². The Morgan fingerprint density at radius 2 is 0.945 bits per heavy atom. The molecule has 2 heterocycles. The smallest absolute Gasteiger partial charge is 0.0745 e. The summed E-state index contributed by atoms with van der Waals surface area (Å²) in [6.07, 6.45) is 1.84. The van der Waals surface area contributed by atoms with Gasteiger partial charge in [-0.3, -0.25) is 0 Å². The second-order valence-electron chi connectivity index (χ2n) is 18.2. The topological polar surface area (TPSA) is 48.5 Å². The summed E-state index contributed by atoms with van der Waals surface area (Å²) in [5.74, 6) is 0. The van der Waals surface area contributed by atoms with Crippen LogP contribution in [0.25, 0.3) is 22.3 Å². The van der Waals surface area contributed by atoms with Crippen LogP contribution >= 0.6 is 0 Å². The Morgan fingerprint density at radius 1 is 0.491 bits per heavy atom. The second kappa shape index (κ2) is 12.4. The Kier molecular flexibility index (Phi) is 7.69. The molecule has 4 nitrogen and oxygen atoms in total. The highest BCUT2D eigenvalue weighted by molar-refractivity contribution is 6.02. The summed E-state index contributed by atoms with van der Waals surface area (Å²) in [4.78, 5) is 0. The normalized spacial score (nSPS) is 22.2. The van der Waals surface area contributed by atoms with E-state index in [2.05, 4.69) is 191 Å². The van der Waals surface area contributed by atoms with Gasteiger partial charge in [-0.2, -0.15) is 5.10 Å². The zero-order chi connectivity index (χ0) is 37.7. The maximum Gasteiger partial charge on any atom is 0.0745 e. The van der Waals surface area contributed by atoms with Crippen LogP contribution in [0.15, 0.2) is 139 Å². The molecule has 0 bridgehead atoms. The van der Waals surface area contributed by atoms with Crippen LogP contribution in [0.5, 0.6) is 0 Å². The zero-order valence-electron chi connectivity index (χ0n) is 32.8. The summed E-state index contributed by atoms with van der Waals surface area (Å²) in [6.45, 7) is 13.6. The molecule has 6 aromatic carbocycles. The molecule has 1 saturated heterocycles. The first-order valence-electron chi connectivity index (χ1n) is 20.0. The van der Waals surface area contributed by atoms with Crippen molar-refractivity contribution in [2.75, 3.05) is 0 Å². The molecule has 0 radical (unpaired) electrons. The molecule has 3 N–H and O–H groups in total. The molecule has 274 valence electrons. The molecule has 1 fully saturated rings. The molecule has 0 amide bonds. The number of rotatable bonds is 4. The van der Waals surface area contributed by atoms with Gasteiger partial charge in [-0.05, 0) is 95.1 Å². The van der Waals surface area contributed by atoms with E-state index in [0.29, 0.717) is 0 Å². The predicted octanol–water partition coefficient (Wildman–Crippen LogP) is 11.3. The molecule has 2 aliphatic heterocycles. The maximum absolute atomic E-state index is 4.90. The molecule has 4 unspecified atom stereocenters. The lowest BCUT2D eigenvalue weighted by atomic mass is 9.70. The summed E-state index contributed by atoms with van der Waals surface area (Å²) in [6, 6.07) is 51.4. The highest BCUT2D eigenvalue weighted by Crippen LogP contribution is 2.63. The van der Waals surface area contributed by atoms with Gasteiger partial charge in [0.05, 0.1) is 17.2 Å². The summed E-state index contributed by atoms with van der Waals surface area (Å²) < 4.78 is 0. The van der Waals surface area contributed by atoms with Gasteiger partial charge in [0, 0.05) is 18.5 Å². The molecular weight excluding hydrogens is 669 g/mol. The van der Waals surface area contributed by atoms with Crippen molar-refractivity contribution in [2.24, 2.45) is 5.10 Å². The average Bonchev–Trinajstić information content (AvgIpc) is 3.99. The number of hydrazone groups is 1. The molecule has 1 spiro atoms. The summed E-state index contributed by atoms with van der Waals surface area (Å²) in [7, 11) is 0. The monoisotopic (exact) mass is 718 g/mol. The highest BCUT2D eigenvalue weighted by atomic mass is 15.4. The lowest BCUT2D eigenvalue weighted by Gasteiger charge is -2.31. The van der Waals surface area contributed by atoms with E-state index in [9.17, 15) is 0 Å². The number of fused-ring (bicyclic) bond motifs is 10. The zero-order valence-corrected chi connectivity index (χ0v) is 32.8. The van der Waals surface area contributed by atoms with E-state index in [-0.39, 0.29) is 29.0 Å². The van der Waals surface area contributed by atoms with Crippen molar-refractivity contribution in [3.05, 3.63) is 189 Å². The number of nitrogens with zero attached hydrogens (tertiary/aromatic N) is 1. The van der Waals surface area contributed by atoms with Crippen LogP contribution in [0.2, 0.25) is 0 Å². The van der Waals surface area contributed by atoms with Crippen molar-refractivity contribution in [1.82, 2.24) is 16.3 Å². The first-order chi connectivity index (χ1) is 26.5. The van der Waals surface area contributed by atoms with Crippen LogP contribution in [0.4, 0.5) is 0 Å². The van der Waals surface area contributed by atoms with Crippen LogP contribution in [-0.2, 0) is 16.2 Å². The molecule has 0 saturated carbocycles. The molecule has 55 heavy (non-hydrogen) atoms. The second-order valence-corrected chi connectivity index (χ2v) is 18.2. The van der Waals surface area contributed by atoms with Gasteiger partial charge in [0.1, 0.15) is 0 Å². The first-order valence-corrected chi connectivity index (χ1v) is 20.0. The van der Waals surface area contributed by atoms with Crippen LogP contribution in [0, 0.1) is 0 Å². The van der Waals surface area contributed by atoms with Crippen molar-refractivity contribution in [3.63, 3.8) is 0 Å². The SMILES string of the molecule is CC(C)(C)c1ccc(C2=NNC(c3ccc4c(c3)C3(c5ccccc5-4)c4ccccc4-c4ccc(C5CC(c6ccc(C(C)(C)C)cc6)NN5)cc43)C2)cc1. The number of hydrogen-bond acceptors (Lipinski definition) is 4. The predicted molar refractivity (Wildman–Crippen MR) is 226 cm³/mol. The molecule has 4 heteroatoms. The Labute approximate surface area is 326 Å². The van der Waals surface area contributed by atoms with E-state index >= 15 is 0 Å². The van der Waals surface area contributed by atoms with Crippen molar-refractivity contribution in [2.45, 2.75) is 88.8 Å². The number of nitrogens with one attached hydrogen (secondary N) is 3. The largest absolute Gasteiger partial charge is 0.302 e. The fourth-order valence-electron chi connectivity index (χ4n) is 9.79. The van der Waals surface area contributed by atoms with E-state index in [1.54, 1.807) is 0 Å². The summed E-state index contributed by atoms with van der Waals surface area (Å²) in [5.41, 5.74) is 30.5. The molecule has 10 rings (SSSR count). The van der Waals surface area contributed by atoms with Crippen LogP contribution in [0.1, 0.15) is 128 Å². The fourth-order valence-corrected chi connectivity index (χ4v) is 9.79. The van der Waals surface area contributed by atoms with Crippen molar-refractivity contribution >= 4 is 5.71 Å². The van der Waals surface area contributed by atoms with Gasteiger partial charge in [-0.15, -0.1) is 0 Å². The molecular formula is C51H50N4. The van der Waals surface area contributed by atoms with Gasteiger partial charge in [0.15, 0.2) is 0 Å².